The number of nitrogens with one attached hydrogen (secondary N) is 1. The monoisotopic (exact) mass is 458 g/mol. The lowest BCUT2D eigenvalue weighted by Gasteiger charge is -2.39. The van der Waals surface area contributed by atoms with E-state index in [9.17, 15) is 5.11 Å². The maximum Gasteiger partial charge on any atom is 0.128 e. The molecular formula is C29H34N2O3. The molecule has 3 aromatic carbocycles. The van der Waals surface area contributed by atoms with Crippen LogP contribution in [0, 0.1) is 6.92 Å². The van der Waals surface area contributed by atoms with Gasteiger partial charge in [0.1, 0.15) is 24.2 Å². The molecule has 0 spiro atoms. The molecule has 4 aromatic rings. The first kappa shape index (κ1) is 22.8. The molecule has 0 amide bonds. The number of benzene rings is 3. The molecule has 5 rings (SSSR count). The minimum atomic E-state index is -0.528. The Morgan fingerprint density at radius 2 is 1.88 bits per heavy atom. The third-order valence-electron chi connectivity index (χ3n) is 7.21. The van der Waals surface area contributed by atoms with E-state index < -0.39 is 6.10 Å². The zero-order valence-electron chi connectivity index (χ0n) is 20.3. The van der Waals surface area contributed by atoms with Gasteiger partial charge in [0.2, 0.25) is 0 Å². The molecule has 1 aliphatic heterocycles. The van der Waals surface area contributed by atoms with E-state index in [1.807, 2.05) is 37.3 Å². The van der Waals surface area contributed by atoms with Crippen molar-refractivity contribution in [2.45, 2.75) is 44.8 Å². The van der Waals surface area contributed by atoms with Crippen LogP contribution in [-0.2, 0) is 0 Å². The lowest BCUT2D eigenvalue weighted by atomic mass is 9.85. The van der Waals surface area contributed by atoms with Crippen molar-refractivity contribution >= 4 is 21.7 Å². The summed E-state index contributed by atoms with van der Waals surface area (Å²) in [6.45, 7) is 6.20. The Hall–Kier alpha value is -3.02. The first-order valence-electron chi connectivity index (χ1n) is 12.2. The molecule has 1 saturated heterocycles. The second kappa shape index (κ2) is 9.69. The minimum Gasteiger partial charge on any atom is -0.496 e. The van der Waals surface area contributed by atoms with Crippen LogP contribution in [0.2, 0.25) is 0 Å². The maximum absolute atomic E-state index is 10.7. The smallest absolute Gasteiger partial charge is 0.128 e. The molecule has 178 valence electrons. The zero-order valence-corrected chi connectivity index (χ0v) is 20.3. The number of hydrogen-bond donors (Lipinski definition) is 2. The van der Waals surface area contributed by atoms with E-state index in [0.29, 0.717) is 25.1 Å². The average molecular weight is 459 g/mol. The van der Waals surface area contributed by atoms with Crippen molar-refractivity contribution in [1.82, 2.24) is 9.88 Å². The Balaban J connectivity index is 1.19. The summed E-state index contributed by atoms with van der Waals surface area (Å²) in [7, 11) is 1.73. The van der Waals surface area contributed by atoms with Gasteiger partial charge in [0.25, 0.3) is 0 Å². The molecule has 1 fully saturated rings. The van der Waals surface area contributed by atoms with Crippen LogP contribution in [-0.4, -0.2) is 53.9 Å². The van der Waals surface area contributed by atoms with Gasteiger partial charge in [-0.1, -0.05) is 30.3 Å². The largest absolute Gasteiger partial charge is 0.496 e. The van der Waals surface area contributed by atoms with Crippen molar-refractivity contribution in [3.8, 4) is 11.5 Å². The van der Waals surface area contributed by atoms with Gasteiger partial charge < -0.3 is 19.6 Å². The number of methoxy groups -OCH3 is 1. The Kier molecular flexibility index (Phi) is 6.48. The molecule has 0 saturated carbocycles. The quantitative estimate of drug-likeness (QED) is 0.376. The first-order chi connectivity index (χ1) is 16.5. The molecule has 5 nitrogen and oxygen atoms in total. The molecule has 2 heterocycles. The average Bonchev–Trinajstić information content (AvgIpc) is 3.24. The Morgan fingerprint density at radius 3 is 2.71 bits per heavy atom. The van der Waals surface area contributed by atoms with Gasteiger partial charge >= 0.3 is 0 Å². The zero-order chi connectivity index (χ0) is 23.7. The van der Waals surface area contributed by atoms with Crippen LogP contribution in [0.5, 0.6) is 11.5 Å². The van der Waals surface area contributed by atoms with Gasteiger partial charge in [-0.15, -0.1) is 0 Å². The Morgan fingerprint density at radius 1 is 1.06 bits per heavy atom. The van der Waals surface area contributed by atoms with Gasteiger partial charge in [-0.3, -0.25) is 4.90 Å². The number of ether oxygens (including phenoxy) is 2. The highest BCUT2D eigenvalue weighted by Gasteiger charge is 2.28. The lowest BCUT2D eigenvalue weighted by molar-refractivity contribution is 0.0406. The molecule has 0 bridgehead atoms. The van der Waals surface area contributed by atoms with Gasteiger partial charge in [0.15, 0.2) is 0 Å². The Bertz CT molecular complexity index is 1280. The van der Waals surface area contributed by atoms with Gasteiger partial charge in [-0.2, -0.15) is 0 Å². The molecule has 1 unspecified atom stereocenters. The van der Waals surface area contributed by atoms with E-state index in [0.717, 1.165) is 47.5 Å². The number of fused-ring (bicyclic) bond motifs is 2. The van der Waals surface area contributed by atoms with Gasteiger partial charge in [0.05, 0.1) is 7.11 Å². The maximum atomic E-state index is 10.7. The molecule has 2 N–H and O–H groups in total. The van der Waals surface area contributed by atoms with Crippen molar-refractivity contribution in [3.63, 3.8) is 0 Å². The highest BCUT2D eigenvalue weighted by Crippen LogP contribution is 2.35. The van der Waals surface area contributed by atoms with E-state index in [2.05, 4.69) is 47.1 Å². The number of aliphatic hydroxyl groups is 1. The predicted octanol–water partition coefficient (Wildman–Crippen LogP) is 5.65. The Labute approximate surface area is 201 Å². The van der Waals surface area contributed by atoms with Crippen LogP contribution in [0.4, 0.5) is 0 Å². The second-order valence-electron chi connectivity index (χ2n) is 9.64. The van der Waals surface area contributed by atoms with Crippen molar-refractivity contribution in [2.24, 2.45) is 0 Å². The van der Waals surface area contributed by atoms with Gasteiger partial charge in [-0.25, -0.2) is 0 Å². The van der Waals surface area contributed by atoms with Crippen molar-refractivity contribution in [2.75, 3.05) is 26.8 Å². The summed E-state index contributed by atoms with van der Waals surface area (Å²) < 4.78 is 11.6. The van der Waals surface area contributed by atoms with Crippen LogP contribution in [0.25, 0.3) is 21.7 Å². The minimum absolute atomic E-state index is 0.292. The van der Waals surface area contributed by atoms with E-state index in [1.165, 1.54) is 16.3 Å². The fourth-order valence-electron chi connectivity index (χ4n) is 5.39. The molecular weight excluding hydrogens is 424 g/mol. The highest BCUT2D eigenvalue weighted by molar-refractivity contribution is 5.89. The van der Waals surface area contributed by atoms with Crippen LogP contribution in [0.1, 0.15) is 36.9 Å². The predicted molar refractivity (Wildman–Crippen MR) is 138 cm³/mol. The third kappa shape index (κ3) is 4.63. The number of aliphatic hydroxyl groups excluding tert-OH is 1. The second-order valence-corrected chi connectivity index (χ2v) is 9.64. The summed E-state index contributed by atoms with van der Waals surface area (Å²) in [5.74, 6) is 2.27. The number of hydrogen-bond acceptors (Lipinski definition) is 4. The van der Waals surface area contributed by atoms with Crippen LogP contribution >= 0.6 is 0 Å². The lowest BCUT2D eigenvalue weighted by Crippen LogP contribution is -2.45. The number of rotatable bonds is 7. The number of β-amino-alcohol motifs (C(OH)–C–C–N with tert-alkyl or cyclic N) is 1. The highest BCUT2D eigenvalue weighted by atomic mass is 16.5. The number of aromatic nitrogens is 1. The summed E-state index contributed by atoms with van der Waals surface area (Å²) in [5, 5.41) is 14.2. The number of aryl methyl sites for hydroxylation is 1. The summed E-state index contributed by atoms with van der Waals surface area (Å²) in [4.78, 5) is 5.73. The molecule has 0 aliphatic carbocycles. The molecule has 1 aliphatic rings. The van der Waals surface area contributed by atoms with E-state index in [-0.39, 0.29) is 0 Å². The first-order valence-corrected chi connectivity index (χ1v) is 12.2. The summed E-state index contributed by atoms with van der Waals surface area (Å²) in [6.07, 6.45) is 1.63. The van der Waals surface area contributed by atoms with Crippen LogP contribution < -0.4 is 9.47 Å². The summed E-state index contributed by atoms with van der Waals surface area (Å²) in [6, 6.07) is 21.5. The van der Waals surface area contributed by atoms with Gasteiger partial charge in [-0.05, 0) is 80.4 Å². The van der Waals surface area contributed by atoms with Crippen LogP contribution in [0.15, 0.2) is 60.7 Å². The van der Waals surface area contributed by atoms with E-state index in [1.54, 1.807) is 7.11 Å². The fourth-order valence-corrected chi connectivity index (χ4v) is 5.39. The van der Waals surface area contributed by atoms with Gasteiger partial charge in [0, 0.05) is 34.6 Å². The number of likely N-dealkylation sites (tertiary alicyclic amines) is 1. The van der Waals surface area contributed by atoms with Crippen LogP contribution in [0.3, 0.4) is 0 Å². The van der Waals surface area contributed by atoms with Crippen molar-refractivity contribution in [1.29, 1.82) is 0 Å². The van der Waals surface area contributed by atoms with E-state index in [4.69, 9.17) is 9.47 Å². The molecule has 0 radical (unpaired) electrons. The molecule has 5 heteroatoms. The number of piperidine rings is 1. The number of aromatic amines is 1. The van der Waals surface area contributed by atoms with E-state index >= 15 is 0 Å². The number of H-pyrrole nitrogens is 1. The third-order valence-corrected chi connectivity index (χ3v) is 7.21. The fraction of sp³-hybridized carbons (Fsp3) is 0.379. The molecule has 34 heavy (non-hydrogen) atoms. The summed E-state index contributed by atoms with van der Waals surface area (Å²) in [5.41, 5.74) is 3.54. The number of nitrogens with zero attached hydrogens (tertiary/aromatic N) is 1. The standard InChI is InChI=1S/C29H34N2O3/c1-19-14-26-27(30-19)7-5-9-29(26)34-18-24(32)17-31-13-12-23(15-20(31)2)22-11-10-21-6-4-8-28(33-3)25(21)16-22/h4-11,14,16,20,23-24,30,32H,12-13,15,17-18H2,1-3H3/t20-,23-,24?/m0/s1. The molecule has 3 atom stereocenters. The van der Waals surface area contributed by atoms with Crippen molar-refractivity contribution in [3.05, 3.63) is 71.9 Å². The topological polar surface area (TPSA) is 57.7 Å². The van der Waals surface area contributed by atoms with Crippen molar-refractivity contribution < 1.29 is 14.6 Å². The SMILES string of the molecule is COc1cccc2ccc([C@H]3CCN(CC(O)COc4cccc5[nH]c(C)cc45)[C@@H](C)C3)cc12. The summed E-state index contributed by atoms with van der Waals surface area (Å²) >= 11 is 0. The molecule has 1 aromatic heterocycles. The normalized spacial score (nSPS) is 20.0.